The van der Waals surface area contributed by atoms with Crippen molar-refractivity contribution in [2.75, 3.05) is 12.1 Å². The molecule has 0 unspecified atom stereocenters. The van der Waals surface area contributed by atoms with Crippen LogP contribution >= 0.6 is 15.9 Å². The molecule has 1 aliphatic heterocycles. The number of hydrogen-bond donors (Lipinski definition) is 1. The van der Waals surface area contributed by atoms with E-state index in [1.807, 2.05) is 31.2 Å². The van der Waals surface area contributed by atoms with E-state index in [0.29, 0.717) is 0 Å². The first kappa shape index (κ1) is 11.3. The second-order valence-corrected chi connectivity index (χ2v) is 4.87. The summed E-state index contributed by atoms with van der Waals surface area (Å²) < 4.78 is 11.6. The van der Waals surface area contributed by atoms with Crippen molar-refractivity contribution in [2.24, 2.45) is 0 Å². The van der Waals surface area contributed by atoms with Gasteiger partial charge >= 0.3 is 0 Å². The summed E-state index contributed by atoms with van der Waals surface area (Å²) in [7, 11) is 0. The van der Waals surface area contributed by atoms with Gasteiger partial charge in [0.2, 0.25) is 6.79 Å². The molecule has 0 saturated carbocycles. The number of nitrogens with one attached hydrogen (secondary N) is 1. The highest BCUT2D eigenvalue weighted by molar-refractivity contribution is 9.10. The standard InChI is InChI=1S/C13H11BrN2O2/c1-8-4-13(15-6-10(8)14)16-9-2-3-11-12(5-9)18-7-17-11/h2-6H,7H2,1H3,(H,15,16). The fourth-order valence-corrected chi connectivity index (χ4v) is 1.95. The summed E-state index contributed by atoms with van der Waals surface area (Å²) in [5.41, 5.74) is 2.06. The van der Waals surface area contributed by atoms with Crippen molar-refractivity contribution < 1.29 is 9.47 Å². The first-order valence-corrected chi connectivity index (χ1v) is 6.30. The molecule has 0 atom stereocenters. The monoisotopic (exact) mass is 306 g/mol. The van der Waals surface area contributed by atoms with Gasteiger partial charge in [0.15, 0.2) is 11.5 Å². The van der Waals surface area contributed by atoms with Gasteiger partial charge in [-0.05, 0) is 46.6 Å². The van der Waals surface area contributed by atoms with Crippen LogP contribution in [0.3, 0.4) is 0 Å². The lowest BCUT2D eigenvalue weighted by molar-refractivity contribution is 0.174. The number of benzene rings is 1. The Kier molecular flexibility index (Phi) is 2.83. The molecule has 0 spiro atoms. The number of aryl methyl sites for hydroxylation is 1. The molecule has 92 valence electrons. The van der Waals surface area contributed by atoms with E-state index in [9.17, 15) is 0 Å². The number of nitrogens with zero attached hydrogens (tertiary/aromatic N) is 1. The minimum Gasteiger partial charge on any atom is -0.454 e. The summed E-state index contributed by atoms with van der Waals surface area (Å²) in [5.74, 6) is 2.34. The minimum atomic E-state index is 0.286. The maximum absolute atomic E-state index is 5.33. The fraction of sp³-hybridized carbons (Fsp3) is 0.154. The summed E-state index contributed by atoms with van der Waals surface area (Å²) in [6.07, 6.45) is 1.78. The van der Waals surface area contributed by atoms with Gasteiger partial charge in [-0.25, -0.2) is 4.98 Å². The summed E-state index contributed by atoms with van der Waals surface area (Å²) >= 11 is 3.43. The Hall–Kier alpha value is -1.75. The average Bonchev–Trinajstić information content (AvgIpc) is 2.81. The van der Waals surface area contributed by atoms with E-state index < -0.39 is 0 Å². The highest BCUT2D eigenvalue weighted by Gasteiger charge is 2.13. The van der Waals surface area contributed by atoms with E-state index in [-0.39, 0.29) is 6.79 Å². The van der Waals surface area contributed by atoms with Gasteiger partial charge in [0.05, 0.1) is 0 Å². The molecule has 0 aliphatic carbocycles. The fourth-order valence-electron chi connectivity index (χ4n) is 1.73. The van der Waals surface area contributed by atoms with E-state index >= 15 is 0 Å². The third-order valence-electron chi connectivity index (χ3n) is 2.69. The molecule has 0 saturated heterocycles. The quantitative estimate of drug-likeness (QED) is 0.920. The van der Waals surface area contributed by atoms with Gasteiger partial charge in [-0.1, -0.05) is 0 Å². The Morgan fingerprint density at radius 1 is 1.22 bits per heavy atom. The number of rotatable bonds is 2. The largest absolute Gasteiger partial charge is 0.454 e. The summed E-state index contributed by atoms with van der Waals surface area (Å²) in [4.78, 5) is 4.30. The lowest BCUT2D eigenvalue weighted by Crippen LogP contribution is -1.94. The van der Waals surface area contributed by atoms with E-state index in [1.165, 1.54) is 0 Å². The molecule has 5 heteroatoms. The van der Waals surface area contributed by atoms with Gasteiger partial charge in [0.1, 0.15) is 5.82 Å². The van der Waals surface area contributed by atoms with E-state index in [4.69, 9.17) is 9.47 Å². The Morgan fingerprint density at radius 3 is 2.89 bits per heavy atom. The molecule has 0 bridgehead atoms. The molecule has 1 N–H and O–H groups in total. The normalized spacial score (nSPS) is 12.6. The van der Waals surface area contributed by atoms with Crippen molar-refractivity contribution in [3.63, 3.8) is 0 Å². The van der Waals surface area contributed by atoms with Crippen LogP contribution in [0.15, 0.2) is 34.9 Å². The van der Waals surface area contributed by atoms with Crippen LogP contribution in [-0.4, -0.2) is 11.8 Å². The van der Waals surface area contributed by atoms with Crippen molar-refractivity contribution >= 4 is 27.4 Å². The third-order valence-corrected chi connectivity index (χ3v) is 3.52. The molecule has 1 aromatic carbocycles. The van der Waals surface area contributed by atoms with Crippen molar-refractivity contribution in [2.45, 2.75) is 6.92 Å². The van der Waals surface area contributed by atoms with Crippen LogP contribution in [-0.2, 0) is 0 Å². The molecule has 18 heavy (non-hydrogen) atoms. The maximum Gasteiger partial charge on any atom is 0.231 e. The predicted molar refractivity (Wildman–Crippen MR) is 72.5 cm³/mol. The van der Waals surface area contributed by atoms with Gasteiger partial charge in [-0.2, -0.15) is 0 Å². The number of fused-ring (bicyclic) bond motifs is 1. The maximum atomic E-state index is 5.33. The number of pyridine rings is 1. The molecule has 3 rings (SSSR count). The highest BCUT2D eigenvalue weighted by Crippen LogP contribution is 2.35. The zero-order chi connectivity index (χ0) is 12.5. The van der Waals surface area contributed by atoms with Crippen LogP contribution in [0.25, 0.3) is 0 Å². The smallest absolute Gasteiger partial charge is 0.231 e. The number of anilines is 2. The van der Waals surface area contributed by atoms with Crippen LogP contribution in [0.4, 0.5) is 11.5 Å². The molecule has 0 radical (unpaired) electrons. The van der Waals surface area contributed by atoms with Crippen LogP contribution < -0.4 is 14.8 Å². The Bertz CT molecular complexity index is 602. The topological polar surface area (TPSA) is 43.4 Å². The number of aromatic nitrogens is 1. The van der Waals surface area contributed by atoms with Crippen LogP contribution in [0, 0.1) is 6.92 Å². The molecule has 0 fully saturated rings. The second kappa shape index (κ2) is 4.49. The summed E-state index contributed by atoms with van der Waals surface area (Å²) in [6.45, 7) is 2.31. The minimum absolute atomic E-state index is 0.286. The van der Waals surface area contributed by atoms with Gasteiger partial charge < -0.3 is 14.8 Å². The molecular formula is C13H11BrN2O2. The van der Waals surface area contributed by atoms with Crippen LogP contribution in [0.2, 0.25) is 0 Å². The first-order chi connectivity index (χ1) is 8.72. The van der Waals surface area contributed by atoms with E-state index in [1.54, 1.807) is 6.20 Å². The Labute approximate surface area is 113 Å². The molecule has 0 amide bonds. The lowest BCUT2D eigenvalue weighted by Gasteiger charge is -2.07. The van der Waals surface area contributed by atoms with E-state index in [2.05, 4.69) is 26.2 Å². The third kappa shape index (κ3) is 2.13. The van der Waals surface area contributed by atoms with Crippen LogP contribution in [0.5, 0.6) is 11.5 Å². The first-order valence-electron chi connectivity index (χ1n) is 5.51. The SMILES string of the molecule is Cc1cc(Nc2ccc3c(c2)OCO3)ncc1Br. The second-order valence-electron chi connectivity index (χ2n) is 4.01. The molecule has 1 aliphatic rings. The summed E-state index contributed by atoms with van der Waals surface area (Å²) in [5, 5.41) is 3.23. The van der Waals surface area contributed by atoms with Gasteiger partial charge in [-0.3, -0.25) is 0 Å². The zero-order valence-electron chi connectivity index (χ0n) is 9.74. The molecule has 2 heterocycles. The van der Waals surface area contributed by atoms with Crippen molar-refractivity contribution in [3.8, 4) is 11.5 Å². The van der Waals surface area contributed by atoms with Crippen LogP contribution in [0.1, 0.15) is 5.56 Å². The van der Waals surface area contributed by atoms with Crippen molar-refractivity contribution in [3.05, 3.63) is 40.5 Å². The molecule has 2 aromatic rings. The number of hydrogen-bond acceptors (Lipinski definition) is 4. The van der Waals surface area contributed by atoms with E-state index in [0.717, 1.165) is 33.0 Å². The van der Waals surface area contributed by atoms with Gasteiger partial charge in [0, 0.05) is 22.4 Å². The number of ether oxygens (including phenoxy) is 2. The van der Waals surface area contributed by atoms with Crippen molar-refractivity contribution in [1.82, 2.24) is 4.98 Å². The van der Waals surface area contributed by atoms with Crippen molar-refractivity contribution in [1.29, 1.82) is 0 Å². The molecule has 1 aromatic heterocycles. The van der Waals surface area contributed by atoms with Gasteiger partial charge in [0.25, 0.3) is 0 Å². The van der Waals surface area contributed by atoms with Gasteiger partial charge in [-0.15, -0.1) is 0 Å². The highest BCUT2D eigenvalue weighted by atomic mass is 79.9. The lowest BCUT2D eigenvalue weighted by atomic mass is 10.2. The predicted octanol–water partition coefficient (Wildman–Crippen LogP) is 3.62. The average molecular weight is 307 g/mol. The summed E-state index contributed by atoms with van der Waals surface area (Å²) in [6, 6.07) is 7.71. The zero-order valence-corrected chi connectivity index (χ0v) is 11.3. The number of halogens is 1. The molecular weight excluding hydrogens is 296 g/mol. The Balaban J connectivity index is 1.85. The Morgan fingerprint density at radius 2 is 2.06 bits per heavy atom. The molecule has 4 nitrogen and oxygen atoms in total.